The predicted molar refractivity (Wildman–Crippen MR) is 98.4 cm³/mol. The van der Waals surface area contributed by atoms with Gasteiger partial charge in [-0.2, -0.15) is 5.26 Å². The number of carbonyl (C=O) groups excluding carboxylic acids is 1. The lowest BCUT2D eigenvalue weighted by Crippen LogP contribution is -2.34. The number of nitriles is 1. The molecule has 1 aliphatic rings. The molecule has 1 N–H and O–H groups in total. The molecule has 6 nitrogen and oxygen atoms in total. The van der Waals surface area contributed by atoms with Crippen LogP contribution in [0.2, 0.25) is 0 Å². The zero-order valence-corrected chi connectivity index (χ0v) is 15.2. The maximum atomic E-state index is 13.3. The van der Waals surface area contributed by atoms with Gasteiger partial charge in [0.05, 0.1) is 31.5 Å². The van der Waals surface area contributed by atoms with E-state index in [1.54, 1.807) is 25.2 Å². The number of hydrogen-bond acceptors (Lipinski definition) is 4. The lowest BCUT2D eigenvalue weighted by Gasteiger charge is -2.27. The van der Waals surface area contributed by atoms with Gasteiger partial charge in [0.25, 0.3) is 0 Å². The van der Waals surface area contributed by atoms with Crippen molar-refractivity contribution in [2.24, 2.45) is 0 Å². The van der Waals surface area contributed by atoms with Crippen LogP contribution in [0, 0.1) is 17.1 Å². The molecule has 1 atom stereocenters. The Labute approximate surface area is 157 Å². The third-order valence-corrected chi connectivity index (χ3v) is 4.66. The average molecular weight is 369 g/mol. The van der Waals surface area contributed by atoms with Crippen molar-refractivity contribution in [2.45, 2.75) is 18.9 Å². The zero-order chi connectivity index (χ0) is 19.4. The van der Waals surface area contributed by atoms with Crippen molar-refractivity contribution in [3.05, 3.63) is 53.3 Å². The Balaban J connectivity index is 1.85. The van der Waals surface area contributed by atoms with Gasteiger partial charge >= 0.3 is 6.03 Å². The van der Waals surface area contributed by atoms with Crippen LogP contribution in [0.4, 0.5) is 14.9 Å². The highest BCUT2D eigenvalue weighted by molar-refractivity contribution is 5.91. The maximum absolute atomic E-state index is 13.3. The molecule has 0 aliphatic carbocycles. The summed E-state index contributed by atoms with van der Waals surface area (Å²) in [6, 6.07) is 10.6. The number of nitrogens with zero attached hydrogens (tertiary/aromatic N) is 2. The van der Waals surface area contributed by atoms with Gasteiger partial charge < -0.3 is 19.7 Å². The average Bonchev–Trinajstić information content (AvgIpc) is 3.18. The van der Waals surface area contributed by atoms with E-state index in [9.17, 15) is 9.18 Å². The molecular weight excluding hydrogens is 349 g/mol. The van der Waals surface area contributed by atoms with E-state index in [1.807, 2.05) is 18.2 Å². The molecule has 1 saturated heterocycles. The number of anilines is 1. The molecule has 140 valence electrons. The summed E-state index contributed by atoms with van der Waals surface area (Å²) in [5, 5.41) is 11.9. The monoisotopic (exact) mass is 369 g/mol. The summed E-state index contributed by atoms with van der Waals surface area (Å²) < 4.78 is 24.0. The summed E-state index contributed by atoms with van der Waals surface area (Å²) >= 11 is 0. The molecule has 1 unspecified atom stereocenters. The summed E-state index contributed by atoms with van der Waals surface area (Å²) in [7, 11) is 3.16. The number of amides is 2. The van der Waals surface area contributed by atoms with Gasteiger partial charge in [-0.05, 0) is 43.2 Å². The molecule has 3 rings (SSSR count). The number of halogens is 1. The molecule has 1 fully saturated rings. The summed E-state index contributed by atoms with van der Waals surface area (Å²) in [6.45, 7) is 0.578. The van der Waals surface area contributed by atoms with Gasteiger partial charge in [-0.3, -0.25) is 0 Å². The second-order valence-electron chi connectivity index (χ2n) is 6.19. The largest absolute Gasteiger partial charge is 0.497 e. The van der Waals surface area contributed by atoms with E-state index in [-0.39, 0.29) is 23.3 Å². The van der Waals surface area contributed by atoms with Gasteiger partial charge in [-0.1, -0.05) is 0 Å². The molecular formula is C20H20FN3O3. The quantitative estimate of drug-likeness (QED) is 0.881. The molecule has 2 amide bonds. The molecule has 7 heteroatoms. The van der Waals surface area contributed by atoms with Crippen LogP contribution in [0.25, 0.3) is 0 Å². The minimum atomic E-state index is -0.522. The van der Waals surface area contributed by atoms with Crippen molar-refractivity contribution in [3.8, 4) is 17.6 Å². The molecule has 27 heavy (non-hydrogen) atoms. The van der Waals surface area contributed by atoms with Gasteiger partial charge in [0, 0.05) is 18.2 Å². The van der Waals surface area contributed by atoms with Crippen molar-refractivity contribution < 1.29 is 18.7 Å². The third kappa shape index (κ3) is 3.80. The van der Waals surface area contributed by atoms with E-state index in [1.165, 1.54) is 12.1 Å². The Morgan fingerprint density at radius 2 is 2.07 bits per heavy atom. The molecule has 0 spiro atoms. The summed E-state index contributed by atoms with van der Waals surface area (Å²) in [4.78, 5) is 14.5. The molecule has 0 radical (unpaired) electrons. The fourth-order valence-corrected chi connectivity index (χ4v) is 3.33. The first kappa shape index (κ1) is 18.5. The first-order valence-electron chi connectivity index (χ1n) is 8.56. The van der Waals surface area contributed by atoms with Gasteiger partial charge in [-0.15, -0.1) is 0 Å². The highest BCUT2D eigenvalue weighted by atomic mass is 19.1. The van der Waals surface area contributed by atoms with E-state index >= 15 is 0 Å². The van der Waals surface area contributed by atoms with Crippen LogP contribution >= 0.6 is 0 Å². The Bertz CT molecular complexity index is 895. The predicted octanol–water partition coefficient (Wildman–Crippen LogP) is 4.08. The normalized spacial score (nSPS) is 15.9. The van der Waals surface area contributed by atoms with Gasteiger partial charge in [0.15, 0.2) is 0 Å². The smallest absolute Gasteiger partial charge is 0.322 e. The first-order chi connectivity index (χ1) is 13.1. The summed E-state index contributed by atoms with van der Waals surface area (Å²) in [5.74, 6) is 0.805. The number of hydrogen-bond donors (Lipinski definition) is 1. The topological polar surface area (TPSA) is 74.6 Å². The van der Waals surface area contributed by atoms with E-state index in [0.717, 1.165) is 24.5 Å². The molecule has 2 aromatic rings. The van der Waals surface area contributed by atoms with Crippen LogP contribution in [0.5, 0.6) is 11.5 Å². The van der Waals surface area contributed by atoms with Crippen molar-refractivity contribution >= 4 is 11.7 Å². The van der Waals surface area contributed by atoms with Gasteiger partial charge in [0.2, 0.25) is 0 Å². The highest BCUT2D eigenvalue weighted by Crippen LogP contribution is 2.39. The number of benzene rings is 2. The van der Waals surface area contributed by atoms with Crippen LogP contribution < -0.4 is 14.8 Å². The molecule has 0 aromatic heterocycles. The standard InChI is InChI=1S/C20H20FN3O3/c1-26-15-6-7-16(19(11-15)27-2)18-4-3-9-24(18)20(25)23-17-8-5-14(21)10-13(17)12-22/h5-8,10-11,18H,3-4,9H2,1-2H3,(H,23,25). The van der Waals surface area contributed by atoms with Crippen molar-refractivity contribution in [1.29, 1.82) is 5.26 Å². The molecule has 0 bridgehead atoms. The lowest BCUT2D eigenvalue weighted by molar-refractivity contribution is 0.206. The Kier molecular flexibility index (Phi) is 5.46. The SMILES string of the molecule is COc1ccc(C2CCCN2C(=O)Nc2ccc(F)cc2C#N)c(OC)c1. The number of likely N-dealkylation sites (tertiary alicyclic amines) is 1. The molecule has 0 saturated carbocycles. The second kappa shape index (κ2) is 7.96. The van der Waals surface area contributed by atoms with E-state index in [0.29, 0.717) is 18.0 Å². The van der Waals surface area contributed by atoms with E-state index in [2.05, 4.69) is 5.32 Å². The third-order valence-electron chi connectivity index (χ3n) is 4.66. The van der Waals surface area contributed by atoms with Crippen molar-refractivity contribution in [2.75, 3.05) is 26.1 Å². The second-order valence-corrected chi connectivity index (χ2v) is 6.19. The fraction of sp³-hybridized carbons (Fsp3) is 0.300. The Morgan fingerprint density at radius 3 is 2.78 bits per heavy atom. The number of nitrogens with one attached hydrogen (secondary N) is 1. The molecule has 1 aliphatic heterocycles. The van der Waals surface area contributed by atoms with Gasteiger partial charge in [-0.25, -0.2) is 9.18 Å². The number of carbonyl (C=O) groups is 1. The Morgan fingerprint density at radius 1 is 1.26 bits per heavy atom. The van der Waals surface area contributed by atoms with Crippen LogP contribution in [0.3, 0.4) is 0 Å². The summed E-state index contributed by atoms with van der Waals surface area (Å²) in [5.41, 5.74) is 1.27. The first-order valence-corrected chi connectivity index (χ1v) is 8.56. The Hall–Kier alpha value is -3.27. The van der Waals surface area contributed by atoms with E-state index < -0.39 is 5.82 Å². The zero-order valence-electron chi connectivity index (χ0n) is 15.2. The van der Waals surface area contributed by atoms with Crippen LogP contribution in [-0.2, 0) is 0 Å². The number of rotatable bonds is 4. The lowest BCUT2D eigenvalue weighted by atomic mass is 10.0. The van der Waals surface area contributed by atoms with Crippen molar-refractivity contribution in [1.82, 2.24) is 4.90 Å². The fourth-order valence-electron chi connectivity index (χ4n) is 3.33. The highest BCUT2D eigenvalue weighted by Gasteiger charge is 2.32. The van der Waals surface area contributed by atoms with Crippen LogP contribution in [-0.4, -0.2) is 31.7 Å². The number of urea groups is 1. The van der Waals surface area contributed by atoms with E-state index in [4.69, 9.17) is 14.7 Å². The molecule has 2 aromatic carbocycles. The van der Waals surface area contributed by atoms with Gasteiger partial charge in [0.1, 0.15) is 23.4 Å². The number of ether oxygens (including phenoxy) is 2. The number of methoxy groups -OCH3 is 2. The minimum Gasteiger partial charge on any atom is -0.497 e. The van der Waals surface area contributed by atoms with Crippen LogP contribution in [0.1, 0.15) is 30.0 Å². The maximum Gasteiger partial charge on any atom is 0.322 e. The minimum absolute atomic E-state index is 0.0844. The summed E-state index contributed by atoms with van der Waals surface area (Å²) in [6.07, 6.45) is 1.65. The molecule has 1 heterocycles. The van der Waals surface area contributed by atoms with Crippen molar-refractivity contribution in [3.63, 3.8) is 0 Å². The van der Waals surface area contributed by atoms with Crippen LogP contribution in [0.15, 0.2) is 36.4 Å².